The molecular weight excluding hydrogens is 198 g/mol. The molecule has 1 aromatic heterocycles. The third kappa shape index (κ3) is 1.74. The fraction of sp³-hybridized carbons (Fsp3) is 0.308. The van der Waals surface area contributed by atoms with Gasteiger partial charge in [-0.25, -0.2) is 0 Å². The third-order valence-corrected chi connectivity index (χ3v) is 3.07. The van der Waals surface area contributed by atoms with Crippen molar-refractivity contribution in [3.8, 4) is 0 Å². The van der Waals surface area contributed by atoms with Gasteiger partial charge in [0.1, 0.15) is 0 Å². The highest BCUT2D eigenvalue weighted by molar-refractivity contribution is 5.91. The van der Waals surface area contributed by atoms with Crippen molar-refractivity contribution in [1.82, 2.24) is 10.3 Å². The molecular formula is C13H15N3. The standard InChI is InChI=1S/C13H15N3/c1-4-12-11(3-2-7-15-12)13(5-1)16-10-6-8-14-9-10/h1-5,7,10,14,16H,6,8-9H2/t10-/m0/s1. The van der Waals surface area contributed by atoms with Crippen molar-refractivity contribution in [2.24, 2.45) is 0 Å². The Kier molecular flexibility index (Phi) is 2.46. The zero-order chi connectivity index (χ0) is 10.8. The highest BCUT2D eigenvalue weighted by Crippen LogP contribution is 2.22. The molecule has 3 nitrogen and oxygen atoms in total. The maximum absolute atomic E-state index is 4.36. The van der Waals surface area contributed by atoms with Crippen molar-refractivity contribution < 1.29 is 0 Å². The van der Waals surface area contributed by atoms with Gasteiger partial charge in [-0.3, -0.25) is 4.98 Å². The largest absolute Gasteiger partial charge is 0.380 e. The first-order valence-electron chi connectivity index (χ1n) is 5.74. The van der Waals surface area contributed by atoms with E-state index >= 15 is 0 Å². The number of hydrogen-bond donors (Lipinski definition) is 2. The van der Waals surface area contributed by atoms with Gasteiger partial charge in [-0.2, -0.15) is 0 Å². The lowest BCUT2D eigenvalue weighted by Crippen LogP contribution is -2.22. The number of hydrogen-bond acceptors (Lipinski definition) is 3. The van der Waals surface area contributed by atoms with Crippen LogP contribution in [-0.4, -0.2) is 24.1 Å². The van der Waals surface area contributed by atoms with Crippen LogP contribution >= 0.6 is 0 Å². The Labute approximate surface area is 94.9 Å². The van der Waals surface area contributed by atoms with E-state index in [1.165, 1.54) is 17.5 Å². The van der Waals surface area contributed by atoms with E-state index in [0.29, 0.717) is 6.04 Å². The zero-order valence-corrected chi connectivity index (χ0v) is 9.11. The van der Waals surface area contributed by atoms with E-state index < -0.39 is 0 Å². The Morgan fingerprint density at radius 3 is 3.12 bits per heavy atom. The molecule has 1 saturated heterocycles. The molecule has 82 valence electrons. The van der Waals surface area contributed by atoms with Crippen molar-refractivity contribution in [1.29, 1.82) is 0 Å². The van der Waals surface area contributed by atoms with Crippen molar-refractivity contribution >= 4 is 16.6 Å². The minimum atomic E-state index is 0.547. The van der Waals surface area contributed by atoms with Gasteiger partial charge in [0.2, 0.25) is 0 Å². The van der Waals surface area contributed by atoms with E-state index in [4.69, 9.17) is 0 Å². The number of pyridine rings is 1. The average molecular weight is 213 g/mol. The second-order valence-corrected chi connectivity index (χ2v) is 4.21. The van der Waals surface area contributed by atoms with E-state index in [9.17, 15) is 0 Å². The van der Waals surface area contributed by atoms with E-state index in [2.05, 4.69) is 33.8 Å². The van der Waals surface area contributed by atoms with Crippen LogP contribution in [0.5, 0.6) is 0 Å². The first kappa shape index (κ1) is 9.60. The van der Waals surface area contributed by atoms with Crippen LogP contribution in [-0.2, 0) is 0 Å². The van der Waals surface area contributed by atoms with Gasteiger partial charge in [0, 0.05) is 29.9 Å². The molecule has 1 aromatic carbocycles. The van der Waals surface area contributed by atoms with Crippen molar-refractivity contribution in [3.05, 3.63) is 36.5 Å². The van der Waals surface area contributed by atoms with Crippen LogP contribution in [0.1, 0.15) is 6.42 Å². The highest BCUT2D eigenvalue weighted by Gasteiger charge is 2.14. The molecule has 0 spiro atoms. The Bertz CT molecular complexity index is 484. The maximum Gasteiger partial charge on any atom is 0.0722 e. The van der Waals surface area contributed by atoms with Gasteiger partial charge < -0.3 is 10.6 Å². The molecule has 1 aliphatic rings. The Morgan fingerprint density at radius 2 is 2.25 bits per heavy atom. The number of rotatable bonds is 2. The molecule has 0 aliphatic carbocycles. The van der Waals surface area contributed by atoms with Gasteiger partial charge in [0.15, 0.2) is 0 Å². The van der Waals surface area contributed by atoms with Crippen LogP contribution in [0, 0.1) is 0 Å². The summed E-state index contributed by atoms with van der Waals surface area (Å²) in [5, 5.41) is 8.15. The fourth-order valence-corrected chi connectivity index (χ4v) is 2.23. The number of fused-ring (bicyclic) bond motifs is 1. The van der Waals surface area contributed by atoms with Crippen molar-refractivity contribution in [2.45, 2.75) is 12.5 Å². The highest BCUT2D eigenvalue weighted by atomic mass is 15.0. The average Bonchev–Trinajstić information content (AvgIpc) is 2.82. The van der Waals surface area contributed by atoms with Crippen LogP contribution in [0.15, 0.2) is 36.5 Å². The maximum atomic E-state index is 4.36. The summed E-state index contributed by atoms with van der Waals surface area (Å²) in [6, 6.07) is 10.9. The topological polar surface area (TPSA) is 37.0 Å². The zero-order valence-electron chi connectivity index (χ0n) is 9.11. The van der Waals surface area contributed by atoms with Crippen LogP contribution < -0.4 is 10.6 Å². The smallest absolute Gasteiger partial charge is 0.0722 e. The van der Waals surface area contributed by atoms with Gasteiger partial charge in [0.05, 0.1) is 5.52 Å². The molecule has 2 N–H and O–H groups in total. The number of anilines is 1. The molecule has 0 bridgehead atoms. The molecule has 2 aromatic rings. The lowest BCUT2D eigenvalue weighted by molar-refractivity contribution is 0.794. The normalized spacial score (nSPS) is 20.1. The molecule has 1 fully saturated rings. The number of aromatic nitrogens is 1. The van der Waals surface area contributed by atoms with E-state index in [-0.39, 0.29) is 0 Å². The Balaban J connectivity index is 1.96. The first-order valence-corrected chi connectivity index (χ1v) is 5.74. The van der Waals surface area contributed by atoms with Gasteiger partial charge >= 0.3 is 0 Å². The van der Waals surface area contributed by atoms with Crippen molar-refractivity contribution in [2.75, 3.05) is 18.4 Å². The summed E-state index contributed by atoms with van der Waals surface area (Å²) >= 11 is 0. The summed E-state index contributed by atoms with van der Waals surface area (Å²) < 4.78 is 0. The molecule has 1 aliphatic heterocycles. The van der Waals surface area contributed by atoms with E-state index in [1.807, 2.05) is 18.3 Å². The summed E-state index contributed by atoms with van der Waals surface area (Å²) in [5.74, 6) is 0. The minimum Gasteiger partial charge on any atom is -0.380 e. The van der Waals surface area contributed by atoms with Gasteiger partial charge in [-0.15, -0.1) is 0 Å². The summed E-state index contributed by atoms with van der Waals surface area (Å²) in [6.45, 7) is 2.16. The monoisotopic (exact) mass is 213 g/mol. The van der Waals surface area contributed by atoms with Crippen LogP contribution in [0.4, 0.5) is 5.69 Å². The van der Waals surface area contributed by atoms with Gasteiger partial charge in [0.25, 0.3) is 0 Å². The molecule has 3 heteroatoms. The minimum absolute atomic E-state index is 0.547. The lowest BCUT2D eigenvalue weighted by Gasteiger charge is -2.14. The fourth-order valence-electron chi connectivity index (χ4n) is 2.23. The molecule has 0 saturated carbocycles. The first-order chi connectivity index (χ1) is 7.93. The summed E-state index contributed by atoms with van der Waals surface area (Å²) in [6.07, 6.45) is 3.03. The summed E-state index contributed by atoms with van der Waals surface area (Å²) in [5.41, 5.74) is 2.25. The molecule has 2 heterocycles. The predicted octanol–water partition coefficient (Wildman–Crippen LogP) is 2.01. The van der Waals surface area contributed by atoms with Gasteiger partial charge in [-0.1, -0.05) is 6.07 Å². The van der Waals surface area contributed by atoms with Crippen LogP contribution in [0.25, 0.3) is 10.9 Å². The number of benzene rings is 1. The van der Waals surface area contributed by atoms with Crippen molar-refractivity contribution in [3.63, 3.8) is 0 Å². The van der Waals surface area contributed by atoms with Crippen LogP contribution in [0.3, 0.4) is 0 Å². The van der Waals surface area contributed by atoms with E-state index in [1.54, 1.807) is 0 Å². The second-order valence-electron chi connectivity index (χ2n) is 4.21. The molecule has 0 radical (unpaired) electrons. The van der Waals surface area contributed by atoms with Gasteiger partial charge in [-0.05, 0) is 37.2 Å². The number of nitrogens with one attached hydrogen (secondary N) is 2. The summed E-state index contributed by atoms with van der Waals surface area (Å²) in [7, 11) is 0. The Hall–Kier alpha value is -1.61. The van der Waals surface area contributed by atoms with Crippen LogP contribution in [0.2, 0.25) is 0 Å². The summed E-state index contributed by atoms with van der Waals surface area (Å²) in [4.78, 5) is 4.36. The second kappa shape index (κ2) is 4.10. The molecule has 16 heavy (non-hydrogen) atoms. The Morgan fingerprint density at radius 1 is 1.25 bits per heavy atom. The molecule has 3 rings (SSSR count). The number of nitrogens with zero attached hydrogens (tertiary/aromatic N) is 1. The quantitative estimate of drug-likeness (QED) is 0.801. The molecule has 1 atom stereocenters. The predicted molar refractivity (Wildman–Crippen MR) is 66.6 cm³/mol. The molecule has 0 amide bonds. The molecule has 0 unspecified atom stereocenters. The SMILES string of the molecule is c1cc(N[C@H]2CCNC2)c2cccnc2c1. The van der Waals surface area contributed by atoms with E-state index in [0.717, 1.165) is 18.6 Å². The third-order valence-electron chi connectivity index (χ3n) is 3.07. The lowest BCUT2D eigenvalue weighted by atomic mass is 10.1.